The Kier molecular flexibility index (Phi) is 2.52. The van der Waals surface area contributed by atoms with Crippen molar-refractivity contribution < 1.29 is 4.74 Å². The van der Waals surface area contributed by atoms with Crippen molar-refractivity contribution >= 4 is 6.21 Å². The van der Waals surface area contributed by atoms with Gasteiger partial charge in [0, 0.05) is 12.8 Å². The van der Waals surface area contributed by atoms with Crippen molar-refractivity contribution in [2.75, 3.05) is 6.61 Å². The Morgan fingerprint density at radius 3 is 3.06 bits per heavy atom. The van der Waals surface area contributed by atoms with E-state index in [0.29, 0.717) is 6.10 Å². The third-order valence-electron chi connectivity index (χ3n) is 3.55. The van der Waals surface area contributed by atoms with E-state index in [1.807, 2.05) is 6.21 Å². The fraction of sp³-hybridized carbons (Fsp3) is 0.500. The highest BCUT2D eigenvalue weighted by Crippen LogP contribution is 2.32. The Balaban J connectivity index is 1.95. The number of nitrogens with zero attached hydrogens (tertiary/aromatic N) is 1. The van der Waals surface area contributed by atoms with Crippen LogP contribution in [0.1, 0.15) is 47.6 Å². The molecule has 1 aromatic rings. The van der Waals surface area contributed by atoms with E-state index >= 15 is 0 Å². The summed E-state index contributed by atoms with van der Waals surface area (Å²) in [5.41, 5.74) is 5.37. The molecule has 0 amide bonds. The number of hydrogen-bond donors (Lipinski definition) is 0. The van der Waals surface area contributed by atoms with Crippen molar-refractivity contribution in [1.29, 1.82) is 0 Å². The standard InChI is InChI=1S/C14H17NO/c1-10-6-11-8-15-9-12(11)7-13(10)14-4-2-3-5-16-14/h6-8,14H,2-5,9H2,1H3. The van der Waals surface area contributed by atoms with Gasteiger partial charge in [0.25, 0.3) is 0 Å². The zero-order valence-corrected chi connectivity index (χ0v) is 9.70. The maximum absolute atomic E-state index is 5.86. The van der Waals surface area contributed by atoms with Gasteiger partial charge in [0.05, 0.1) is 12.6 Å². The first-order valence-corrected chi connectivity index (χ1v) is 6.09. The van der Waals surface area contributed by atoms with Crippen LogP contribution in [-0.2, 0) is 11.3 Å². The highest BCUT2D eigenvalue weighted by atomic mass is 16.5. The van der Waals surface area contributed by atoms with Crippen molar-refractivity contribution in [2.45, 2.75) is 38.8 Å². The summed E-state index contributed by atoms with van der Waals surface area (Å²) in [6, 6.07) is 4.55. The predicted octanol–water partition coefficient (Wildman–Crippen LogP) is 3.17. The fourth-order valence-corrected chi connectivity index (χ4v) is 2.63. The van der Waals surface area contributed by atoms with Crippen molar-refractivity contribution in [1.82, 2.24) is 0 Å². The van der Waals surface area contributed by atoms with Crippen molar-refractivity contribution in [3.8, 4) is 0 Å². The van der Waals surface area contributed by atoms with E-state index in [9.17, 15) is 0 Å². The van der Waals surface area contributed by atoms with Gasteiger partial charge in [-0.05, 0) is 54.5 Å². The molecular formula is C14H17NO. The summed E-state index contributed by atoms with van der Waals surface area (Å²) >= 11 is 0. The maximum atomic E-state index is 5.86. The third-order valence-corrected chi connectivity index (χ3v) is 3.55. The third kappa shape index (κ3) is 1.67. The number of hydrogen-bond acceptors (Lipinski definition) is 2. The van der Waals surface area contributed by atoms with E-state index in [0.717, 1.165) is 13.2 Å². The minimum absolute atomic E-state index is 0.319. The van der Waals surface area contributed by atoms with Crippen LogP contribution in [0.4, 0.5) is 0 Å². The second kappa shape index (κ2) is 4.02. The normalized spacial score (nSPS) is 23.4. The Bertz CT molecular complexity index is 431. The Hall–Kier alpha value is -1.15. The van der Waals surface area contributed by atoms with Gasteiger partial charge in [-0.1, -0.05) is 6.07 Å². The van der Waals surface area contributed by atoms with E-state index < -0.39 is 0 Å². The molecule has 2 aliphatic heterocycles. The number of benzene rings is 1. The van der Waals surface area contributed by atoms with Gasteiger partial charge >= 0.3 is 0 Å². The summed E-state index contributed by atoms with van der Waals surface area (Å²) in [4.78, 5) is 4.31. The highest BCUT2D eigenvalue weighted by Gasteiger charge is 2.20. The Labute approximate surface area is 96.3 Å². The second-order valence-corrected chi connectivity index (χ2v) is 4.73. The van der Waals surface area contributed by atoms with Crippen molar-refractivity contribution in [3.63, 3.8) is 0 Å². The molecule has 0 N–H and O–H groups in total. The SMILES string of the molecule is Cc1cc2c(cc1C1CCCCO1)CN=C2. The number of ether oxygens (including phenoxy) is 1. The summed E-state index contributed by atoms with van der Waals surface area (Å²) in [6.07, 6.45) is 5.97. The predicted molar refractivity (Wildman–Crippen MR) is 65.0 cm³/mol. The fourth-order valence-electron chi connectivity index (χ4n) is 2.63. The van der Waals surface area contributed by atoms with E-state index in [1.165, 1.54) is 41.5 Å². The van der Waals surface area contributed by atoms with Gasteiger partial charge in [-0.25, -0.2) is 0 Å². The molecule has 1 fully saturated rings. The molecule has 0 spiro atoms. The molecule has 0 saturated carbocycles. The van der Waals surface area contributed by atoms with Gasteiger partial charge in [0.1, 0.15) is 0 Å². The van der Waals surface area contributed by atoms with E-state index in [1.54, 1.807) is 0 Å². The molecule has 1 atom stereocenters. The lowest BCUT2D eigenvalue weighted by molar-refractivity contribution is 0.0145. The first-order chi connectivity index (χ1) is 7.84. The van der Waals surface area contributed by atoms with Gasteiger partial charge in [-0.15, -0.1) is 0 Å². The molecule has 0 aromatic heterocycles. The maximum Gasteiger partial charge on any atom is 0.0827 e. The zero-order valence-electron chi connectivity index (χ0n) is 9.70. The van der Waals surface area contributed by atoms with E-state index in [2.05, 4.69) is 24.0 Å². The van der Waals surface area contributed by atoms with Crippen LogP contribution in [0.15, 0.2) is 17.1 Å². The number of aliphatic imine (C=N–C) groups is 1. The van der Waals surface area contributed by atoms with Crippen LogP contribution in [0, 0.1) is 6.92 Å². The molecule has 0 bridgehead atoms. The van der Waals surface area contributed by atoms with Gasteiger partial charge in [-0.3, -0.25) is 4.99 Å². The molecule has 1 saturated heterocycles. The average molecular weight is 215 g/mol. The minimum Gasteiger partial charge on any atom is -0.374 e. The monoisotopic (exact) mass is 215 g/mol. The lowest BCUT2D eigenvalue weighted by Gasteiger charge is -2.25. The van der Waals surface area contributed by atoms with E-state index in [-0.39, 0.29) is 0 Å². The lowest BCUT2D eigenvalue weighted by Crippen LogP contribution is -2.13. The summed E-state index contributed by atoms with van der Waals surface area (Å²) in [7, 11) is 0. The molecule has 2 heterocycles. The topological polar surface area (TPSA) is 21.6 Å². The summed E-state index contributed by atoms with van der Waals surface area (Å²) in [5.74, 6) is 0. The van der Waals surface area contributed by atoms with Crippen LogP contribution in [-0.4, -0.2) is 12.8 Å². The number of aryl methyl sites for hydroxylation is 1. The molecule has 1 aromatic carbocycles. The average Bonchev–Trinajstić information content (AvgIpc) is 2.76. The van der Waals surface area contributed by atoms with E-state index in [4.69, 9.17) is 4.74 Å². The summed E-state index contributed by atoms with van der Waals surface area (Å²) < 4.78 is 5.86. The molecule has 1 unspecified atom stereocenters. The first-order valence-electron chi connectivity index (χ1n) is 6.09. The highest BCUT2D eigenvalue weighted by molar-refractivity contribution is 5.84. The van der Waals surface area contributed by atoms with Gasteiger partial charge in [-0.2, -0.15) is 0 Å². The van der Waals surface area contributed by atoms with Gasteiger partial charge < -0.3 is 4.74 Å². The molecule has 16 heavy (non-hydrogen) atoms. The Morgan fingerprint density at radius 1 is 1.31 bits per heavy atom. The zero-order chi connectivity index (χ0) is 11.0. The first kappa shape index (κ1) is 10.0. The molecular weight excluding hydrogens is 198 g/mol. The lowest BCUT2D eigenvalue weighted by atomic mass is 9.93. The number of rotatable bonds is 1. The van der Waals surface area contributed by atoms with Gasteiger partial charge in [0.15, 0.2) is 0 Å². The van der Waals surface area contributed by atoms with Crippen LogP contribution in [0.2, 0.25) is 0 Å². The summed E-state index contributed by atoms with van der Waals surface area (Å²) in [5, 5.41) is 0. The van der Waals surface area contributed by atoms with Crippen LogP contribution >= 0.6 is 0 Å². The molecule has 84 valence electrons. The molecule has 2 heteroatoms. The minimum atomic E-state index is 0.319. The number of fused-ring (bicyclic) bond motifs is 1. The molecule has 0 radical (unpaired) electrons. The Morgan fingerprint density at radius 2 is 2.25 bits per heavy atom. The quantitative estimate of drug-likeness (QED) is 0.705. The van der Waals surface area contributed by atoms with Crippen molar-refractivity contribution in [3.05, 3.63) is 34.4 Å². The van der Waals surface area contributed by atoms with Crippen LogP contribution in [0.25, 0.3) is 0 Å². The molecule has 3 rings (SSSR count). The smallest absolute Gasteiger partial charge is 0.0827 e. The molecule has 0 aliphatic carbocycles. The van der Waals surface area contributed by atoms with Crippen LogP contribution in [0.3, 0.4) is 0 Å². The summed E-state index contributed by atoms with van der Waals surface area (Å²) in [6.45, 7) is 3.94. The van der Waals surface area contributed by atoms with Crippen LogP contribution < -0.4 is 0 Å². The largest absolute Gasteiger partial charge is 0.374 e. The van der Waals surface area contributed by atoms with Crippen LogP contribution in [0.5, 0.6) is 0 Å². The van der Waals surface area contributed by atoms with Crippen molar-refractivity contribution in [2.24, 2.45) is 4.99 Å². The van der Waals surface area contributed by atoms with Gasteiger partial charge in [0.2, 0.25) is 0 Å². The molecule has 2 nitrogen and oxygen atoms in total. The second-order valence-electron chi connectivity index (χ2n) is 4.73. The molecule has 2 aliphatic rings.